The third-order valence-corrected chi connectivity index (χ3v) is 12.8. The van der Waals surface area contributed by atoms with Gasteiger partial charge in [-0.1, -0.05) is 112 Å². The minimum atomic E-state index is -0.178. The third-order valence-electron chi connectivity index (χ3n) is 12.8. The van der Waals surface area contributed by atoms with E-state index in [9.17, 15) is 0 Å². The molecule has 1 aliphatic carbocycles. The van der Waals surface area contributed by atoms with E-state index in [0.29, 0.717) is 0 Å². The number of fused-ring (bicyclic) bond motifs is 2. The molecular weight excluding hydrogens is 735 g/mol. The molecule has 60 heavy (non-hydrogen) atoms. The van der Waals surface area contributed by atoms with Gasteiger partial charge in [0, 0.05) is 94.9 Å². The van der Waals surface area contributed by atoms with Crippen molar-refractivity contribution in [2.45, 2.75) is 78.1 Å². The summed E-state index contributed by atoms with van der Waals surface area (Å²) in [4.78, 5) is 5.05. The first-order valence-corrected chi connectivity index (χ1v) is 21.5. The largest absolute Gasteiger partial charge is 0.469 e. The minimum absolute atomic E-state index is 0.178. The Morgan fingerprint density at radius 1 is 0.533 bits per heavy atom. The van der Waals surface area contributed by atoms with Crippen LogP contribution in [0.25, 0.3) is 0 Å². The second-order valence-electron chi connectivity index (χ2n) is 17.6. The maximum atomic E-state index is 5.81. The fourth-order valence-corrected chi connectivity index (χ4v) is 9.66. The summed E-state index contributed by atoms with van der Waals surface area (Å²) in [6.45, 7) is 15.6. The van der Waals surface area contributed by atoms with Crippen molar-refractivity contribution in [2.24, 2.45) is 0 Å². The van der Waals surface area contributed by atoms with E-state index in [4.69, 9.17) is 8.83 Å². The SMILES string of the molecule is Cc1ccc2c(c1)C(C)(C)C(=C/C=C1\CC/C(=C\C=C3N(CCc4ccco4)c4ccc(C)cc4C3(C)C)C1=[N+](c1ccccc1)c1ccccc1)N2CCc1ccco1. The first-order valence-electron chi connectivity index (χ1n) is 21.5. The van der Waals surface area contributed by atoms with E-state index in [-0.39, 0.29) is 10.8 Å². The van der Waals surface area contributed by atoms with Gasteiger partial charge >= 0.3 is 0 Å². The van der Waals surface area contributed by atoms with Crippen LogP contribution in [0.15, 0.2) is 190 Å². The van der Waals surface area contributed by atoms with E-state index in [1.165, 1.54) is 61.9 Å². The highest BCUT2D eigenvalue weighted by molar-refractivity contribution is 6.17. The van der Waals surface area contributed by atoms with Crippen LogP contribution in [0.3, 0.4) is 0 Å². The molecule has 4 heterocycles. The van der Waals surface area contributed by atoms with Crippen molar-refractivity contribution in [2.75, 3.05) is 22.9 Å². The molecule has 6 aromatic rings. The van der Waals surface area contributed by atoms with Crippen LogP contribution in [0.2, 0.25) is 0 Å². The summed E-state index contributed by atoms with van der Waals surface area (Å²) in [7, 11) is 0. The van der Waals surface area contributed by atoms with Crippen LogP contribution in [0.1, 0.15) is 74.3 Å². The quantitative estimate of drug-likeness (QED) is 0.130. The monoisotopic (exact) mass is 790 g/mol. The molecule has 0 saturated heterocycles. The van der Waals surface area contributed by atoms with Gasteiger partial charge in [0.2, 0.25) is 17.1 Å². The zero-order valence-electron chi connectivity index (χ0n) is 35.9. The van der Waals surface area contributed by atoms with E-state index in [0.717, 1.165) is 61.7 Å². The Morgan fingerprint density at radius 2 is 0.967 bits per heavy atom. The van der Waals surface area contributed by atoms with Crippen molar-refractivity contribution in [1.82, 2.24) is 4.58 Å². The first-order chi connectivity index (χ1) is 29.1. The van der Waals surface area contributed by atoms with Gasteiger partial charge in [-0.05, 0) is 86.4 Å². The van der Waals surface area contributed by atoms with Gasteiger partial charge in [0.1, 0.15) is 11.5 Å². The number of anilines is 2. The van der Waals surface area contributed by atoms with Crippen LogP contribution in [0, 0.1) is 13.8 Å². The molecule has 2 aliphatic heterocycles. The molecule has 0 unspecified atom stereocenters. The maximum Gasteiger partial charge on any atom is 0.218 e. The molecule has 1 saturated carbocycles. The van der Waals surface area contributed by atoms with Crippen LogP contribution in [0.5, 0.6) is 0 Å². The zero-order chi connectivity index (χ0) is 41.4. The number of nitrogens with zero attached hydrogens (tertiary/aromatic N) is 3. The van der Waals surface area contributed by atoms with Gasteiger partial charge in [-0.3, -0.25) is 0 Å². The molecule has 0 N–H and O–H groups in total. The number of para-hydroxylation sites is 2. The van der Waals surface area contributed by atoms with Gasteiger partial charge in [0.05, 0.1) is 12.5 Å². The van der Waals surface area contributed by atoms with Gasteiger partial charge in [-0.15, -0.1) is 0 Å². The number of aryl methyl sites for hydroxylation is 2. The Labute approximate surface area is 356 Å². The third kappa shape index (κ3) is 7.31. The van der Waals surface area contributed by atoms with Crippen LogP contribution in [-0.4, -0.2) is 18.8 Å². The second kappa shape index (κ2) is 16.0. The molecule has 5 heteroatoms. The standard InChI is InChI=1S/C55H56N3O2/c1-39-21-27-49-47(37-39)54(3,4)51(56(49)33-31-45-19-13-35-59-45)29-25-41-23-24-42(53(41)58(43-15-9-7-10-16-43)44-17-11-8-12-18-44)26-30-52-55(5,6)48-38-40(2)22-28-50(48)57(52)34-32-46-20-14-36-60-46/h7-22,25-30,35-38H,23-24,31-34H2,1-6H3/q+1. The Hall–Kier alpha value is -6.33. The molecule has 4 aromatic carbocycles. The van der Waals surface area contributed by atoms with E-state index in [1.807, 2.05) is 12.1 Å². The lowest BCUT2D eigenvalue weighted by Crippen LogP contribution is -2.28. The van der Waals surface area contributed by atoms with Crippen LogP contribution in [-0.2, 0) is 23.7 Å². The first kappa shape index (κ1) is 39.1. The normalized spacial score (nSPS) is 19.3. The molecule has 3 aliphatic rings. The lowest BCUT2D eigenvalue weighted by atomic mass is 9.83. The molecule has 5 nitrogen and oxygen atoms in total. The number of benzene rings is 4. The van der Waals surface area contributed by atoms with Crippen molar-refractivity contribution < 1.29 is 8.83 Å². The number of allylic oxidation sites excluding steroid dienone is 8. The van der Waals surface area contributed by atoms with Gasteiger partial charge in [0.15, 0.2) is 0 Å². The molecule has 9 rings (SSSR count). The topological polar surface area (TPSA) is 35.8 Å². The number of furan rings is 2. The summed E-state index contributed by atoms with van der Waals surface area (Å²) in [6, 6.07) is 43.7. The Bertz CT molecular complexity index is 2470. The summed E-state index contributed by atoms with van der Waals surface area (Å²) in [5.74, 6) is 2.01. The smallest absolute Gasteiger partial charge is 0.218 e. The van der Waals surface area contributed by atoms with Gasteiger partial charge < -0.3 is 18.6 Å². The molecule has 0 radical (unpaired) electrons. The predicted molar refractivity (Wildman–Crippen MR) is 249 cm³/mol. The summed E-state index contributed by atoms with van der Waals surface area (Å²) >= 11 is 0. The summed E-state index contributed by atoms with van der Waals surface area (Å²) < 4.78 is 14.1. The summed E-state index contributed by atoms with van der Waals surface area (Å²) in [6.07, 6.45) is 16.8. The number of hydrogen-bond donors (Lipinski definition) is 0. The number of hydrogen-bond acceptors (Lipinski definition) is 4. The predicted octanol–water partition coefficient (Wildman–Crippen LogP) is 13.3. The molecule has 2 aromatic heterocycles. The molecular formula is C55H56N3O2+. The lowest BCUT2D eigenvalue weighted by molar-refractivity contribution is 0.507. The van der Waals surface area contributed by atoms with Crippen molar-refractivity contribution >= 4 is 28.5 Å². The fourth-order valence-electron chi connectivity index (χ4n) is 9.66. The zero-order valence-corrected chi connectivity index (χ0v) is 35.9. The second-order valence-corrected chi connectivity index (χ2v) is 17.6. The molecule has 0 amide bonds. The summed E-state index contributed by atoms with van der Waals surface area (Å²) in [5, 5.41) is 0. The van der Waals surface area contributed by atoms with Gasteiger partial charge in [0.25, 0.3) is 0 Å². The Kier molecular flexibility index (Phi) is 10.5. The Balaban J connectivity index is 1.19. The number of rotatable bonds is 10. The molecule has 0 bridgehead atoms. The van der Waals surface area contributed by atoms with Crippen LogP contribution >= 0.6 is 0 Å². The van der Waals surface area contributed by atoms with E-state index < -0.39 is 0 Å². The maximum absolute atomic E-state index is 5.81. The highest BCUT2D eigenvalue weighted by atomic mass is 16.3. The van der Waals surface area contributed by atoms with E-state index >= 15 is 0 Å². The fraction of sp³-hybridized carbons (Fsp3) is 0.255. The van der Waals surface area contributed by atoms with Crippen molar-refractivity contribution in [3.8, 4) is 0 Å². The highest BCUT2D eigenvalue weighted by Crippen LogP contribution is 2.50. The minimum Gasteiger partial charge on any atom is -0.469 e. The average molecular weight is 791 g/mol. The van der Waals surface area contributed by atoms with Gasteiger partial charge in [-0.2, -0.15) is 4.58 Å². The van der Waals surface area contributed by atoms with Crippen molar-refractivity contribution in [1.29, 1.82) is 0 Å². The molecule has 302 valence electrons. The average Bonchev–Trinajstić information content (AvgIpc) is 4.09. The van der Waals surface area contributed by atoms with Crippen molar-refractivity contribution in [3.05, 3.63) is 214 Å². The summed E-state index contributed by atoms with van der Waals surface area (Å²) in [5.41, 5.74) is 16.3. The molecule has 0 spiro atoms. The van der Waals surface area contributed by atoms with E-state index in [1.54, 1.807) is 12.5 Å². The molecule has 1 fully saturated rings. The van der Waals surface area contributed by atoms with E-state index in [2.05, 4.69) is 189 Å². The lowest BCUT2D eigenvalue weighted by Gasteiger charge is -2.27. The van der Waals surface area contributed by atoms with Crippen LogP contribution in [0.4, 0.5) is 22.7 Å². The Morgan fingerprint density at radius 3 is 1.37 bits per heavy atom. The van der Waals surface area contributed by atoms with Crippen LogP contribution < -0.4 is 14.4 Å². The van der Waals surface area contributed by atoms with Gasteiger partial charge in [-0.25, -0.2) is 0 Å². The molecule has 0 atom stereocenters. The van der Waals surface area contributed by atoms with Crippen molar-refractivity contribution in [3.63, 3.8) is 0 Å². The highest BCUT2D eigenvalue weighted by Gasteiger charge is 2.42.